The van der Waals surface area contributed by atoms with Crippen LogP contribution < -0.4 is 5.32 Å². The summed E-state index contributed by atoms with van der Waals surface area (Å²) in [6.07, 6.45) is 7.20. The molecule has 6 nitrogen and oxygen atoms in total. The fourth-order valence-electron chi connectivity index (χ4n) is 2.45. The SMILES string of the molecule is CN/C=C\C(C=O)=C/CC1(C#N)CCN(C(=O)OC(C)(C)C)CC1. The van der Waals surface area contributed by atoms with Crippen molar-refractivity contribution < 1.29 is 14.3 Å². The van der Waals surface area contributed by atoms with Crippen molar-refractivity contribution in [1.29, 1.82) is 5.26 Å². The number of carbonyl (C=O) groups is 2. The average molecular weight is 333 g/mol. The maximum absolute atomic E-state index is 12.1. The number of ether oxygens (including phenoxy) is 1. The number of nitrogens with one attached hydrogen (secondary N) is 1. The minimum Gasteiger partial charge on any atom is -0.444 e. The standard InChI is InChI=1S/C18H27N3O3/c1-17(2,3)24-16(23)21-11-8-18(14-19,9-12-21)7-5-15(13-22)6-10-20-4/h5-6,10,13,20H,7-9,11-12H2,1-4H3/b10-6-,15-5+. The fourth-order valence-corrected chi connectivity index (χ4v) is 2.45. The first-order chi connectivity index (χ1) is 11.2. The smallest absolute Gasteiger partial charge is 0.410 e. The van der Waals surface area contributed by atoms with Crippen molar-refractivity contribution in [3.05, 3.63) is 23.9 Å². The number of nitriles is 1. The average Bonchev–Trinajstić information content (AvgIpc) is 2.54. The molecule has 0 bridgehead atoms. The molecule has 132 valence electrons. The van der Waals surface area contributed by atoms with E-state index in [1.54, 1.807) is 30.3 Å². The molecule has 0 radical (unpaired) electrons. The molecule has 0 aromatic rings. The molecule has 0 aromatic heterocycles. The lowest BCUT2D eigenvalue weighted by Gasteiger charge is -2.37. The monoisotopic (exact) mass is 333 g/mol. The number of likely N-dealkylation sites (tertiary alicyclic amines) is 1. The number of amides is 1. The largest absolute Gasteiger partial charge is 0.444 e. The van der Waals surface area contributed by atoms with Gasteiger partial charge in [0.2, 0.25) is 0 Å². The first-order valence-corrected chi connectivity index (χ1v) is 8.13. The van der Waals surface area contributed by atoms with Gasteiger partial charge in [0.25, 0.3) is 0 Å². The van der Waals surface area contributed by atoms with Crippen molar-refractivity contribution >= 4 is 12.4 Å². The van der Waals surface area contributed by atoms with Gasteiger partial charge in [-0.25, -0.2) is 4.79 Å². The molecular weight excluding hydrogens is 306 g/mol. The van der Waals surface area contributed by atoms with Crippen molar-refractivity contribution in [1.82, 2.24) is 10.2 Å². The number of hydrogen-bond acceptors (Lipinski definition) is 5. The Labute approximate surface area is 144 Å². The molecule has 1 fully saturated rings. The van der Waals surface area contributed by atoms with Crippen LogP contribution in [0.3, 0.4) is 0 Å². The van der Waals surface area contributed by atoms with Gasteiger partial charge in [-0.1, -0.05) is 6.08 Å². The van der Waals surface area contributed by atoms with Crippen LogP contribution in [0.15, 0.2) is 23.9 Å². The number of nitrogens with zero attached hydrogens (tertiary/aromatic N) is 2. The number of allylic oxidation sites excluding steroid dienone is 3. The van der Waals surface area contributed by atoms with Gasteiger partial charge in [0.15, 0.2) is 0 Å². The molecule has 1 rings (SSSR count). The Kier molecular flexibility index (Phi) is 7.02. The summed E-state index contributed by atoms with van der Waals surface area (Å²) >= 11 is 0. The number of piperidine rings is 1. The van der Waals surface area contributed by atoms with E-state index in [4.69, 9.17) is 4.74 Å². The van der Waals surface area contributed by atoms with Crippen LogP contribution in [0.5, 0.6) is 0 Å². The Morgan fingerprint density at radius 2 is 2.00 bits per heavy atom. The molecule has 1 saturated heterocycles. The van der Waals surface area contributed by atoms with Crippen molar-refractivity contribution in [2.45, 2.75) is 45.6 Å². The second-order valence-electron chi connectivity index (χ2n) is 7.01. The first kappa shape index (κ1) is 19.8. The van der Waals surface area contributed by atoms with Crippen LogP contribution in [0.2, 0.25) is 0 Å². The molecule has 1 N–H and O–H groups in total. The second kappa shape index (κ2) is 8.53. The lowest BCUT2D eigenvalue weighted by atomic mass is 9.76. The van der Waals surface area contributed by atoms with Gasteiger partial charge in [0, 0.05) is 25.7 Å². The van der Waals surface area contributed by atoms with Crippen LogP contribution in [0.4, 0.5) is 4.79 Å². The molecule has 0 spiro atoms. The van der Waals surface area contributed by atoms with E-state index in [0.29, 0.717) is 37.9 Å². The number of aldehydes is 1. The van der Waals surface area contributed by atoms with Crippen LogP contribution in [0, 0.1) is 16.7 Å². The van der Waals surface area contributed by atoms with Crippen molar-refractivity contribution in [3.63, 3.8) is 0 Å². The third-order valence-electron chi connectivity index (χ3n) is 3.92. The Bertz CT molecular complexity index is 545. The van der Waals surface area contributed by atoms with E-state index in [9.17, 15) is 14.9 Å². The van der Waals surface area contributed by atoms with Crippen LogP contribution in [-0.2, 0) is 9.53 Å². The first-order valence-electron chi connectivity index (χ1n) is 8.13. The van der Waals surface area contributed by atoms with Gasteiger partial charge in [-0.3, -0.25) is 4.79 Å². The van der Waals surface area contributed by atoms with Crippen molar-refractivity contribution in [2.75, 3.05) is 20.1 Å². The van der Waals surface area contributed by atoms with E-state index >= 15 is 0 Å². The summed E-state index contributed by atoms with van der Waals surface area (Å²) in [5.74, 6) is 0. The van der Waals surface area contributed by atoms with Gasteiger partial charge >= 0.3 is 6.09 Å². The minimum absolute atomic E-state index is 0.338. The van der Waals surface area contributed by atoms with Gasteiger partial charge in [0.05, 0.1) is 11.5 Å². The van der Waals surface area contributed by atoms with E-state index < -0.39 is 11.0 Å². The fraction of sp³-hybridized carbons (Fsp3) is 0.611. The third kappa shape index (κ3) is 6.07. The summed E-state index contributed by atoms with van der Waals surface area (Å²) in [4.78, 5) is 24.8. The highest BCUT2D eigenvalue weighted by molar-refractivity contribution is 5.77. The van der Waals surface area contributed by atoms with Crippen LogP contribution >= 0.6 is 0 Å². The quantitative estimate of drug-likeness (QED) is 0.475. The summed E-state index contributed by atoms with van der Waals surface area (Å²) in [5, 5.41) is 12.4. The molecule has 0 aliphatic carbocycles. The van der Waals surface area contributed by atoms with E-state index in [-0.39, 0.29) is 6.09 Å². The van der Waals surface area contributed by atoms with E-state index in [2.05, 4.69) is 11.4 Å². The third-order valence-corrected chi connectivity index (χ3v) is 3.92. The topological polar surface area (TPSA) is 82.4 Å². The Balaban J connectivity index is 2.68. The number of rotatable bonds is 5. The molecule has 1 aliphatic heterocycles. The van der Waals surface area contributed by atoms with Crippen LogP contribution in [-0.4, -0.2) is 43.0 Å². The van der Waals surface area contributed by atoms with Crippen molar-refractivity contribution in [3.8, 4) is 6.07 Å². The minimum atomic E-state index is -0.541. The summed E-state index contributed by atoms with van der Waals surface area (Å²) < 4.78 is 5.37. The maximum atomic E-state index is 12.1. The molecule has 24 heavy (non-hydrogen) atoms. The van der Waals surface area contributed by atoms with E-state index in [1.807, 2.05) is 20.8 Å². The highest BCUT2D eigenvalue weighted by Gasteiger charge is 2.36. The predicted octanol–water partition coefficient (Wildman–Crippen LogP) is 2.78. The van der Waals surface area contributed by atoms with Gasteiger partial charge < -0.3 is 15.0 Å². The zero-order valence-corrected chi connectivity index (χ0v) is 15.0. The van der Waals surface area contributed by atoms with Gasteiger partial charge in [0.1, 0.15) is 11.9 Å². The van der Waals surface area contributed by atoms with Crippen LogP contribution in [0.1, 0.15) is 40.0 Å². The molecule has 0 atom stereocenters. The van der Waals surface area contributed by atoms with Gasteiger partial charge in [-0.15, -0.1) is 0 Å². The number of hydrogen-bond donors (Lipinski definition) is 1. The van der Waals surface area contributed by atoms with Gasteiger partial charge in [-0.2, -0.15) is 5.26 Å². The second-order valence-corrected chi connectivity index (χ2v) is 7.01. The Hall–Kier alpha value is -2.29. The lowest BCUT2D eigenvalue weighted by molar-refractivity contribution is -0.104. The summed E-state index contributed by atoms with van der Waals surface area (Å²) in [7, 11) is 1.75. The molecule has 0 saturated carbocycles. The molecule has 6 heteroatoms. The van der Waals surface area contributed by atoms with Crippen LogP contribution in [0.25, 0.3) is 0 Å². The number of carbonyl (C=O) groups excluding carboxylic acids is 2. The normalized spacial score (nSPS) is 18.1. The highest BCUT2D eigenvalue weighted by Crippen LogP contribution is 2.35. The zero-order chi connectivity index (χ0) is 18.2. The molecular formula is C18H27N3O3. The summed E-state index contributed by atoms with van der Waals surface area (Å²) in [6, 6.07) is 2.38. The molecule has 1 amide bonds. The van der Waals surface area contributed by atoms with Crippen molar-refractivity contribution in [2.24, 2.45) is 5.41 Å². The molecule has 1 heterocycles. The van der Waals surface area contributed by atoms with E-state index in [0.717, 1.165) is 6.29 Å². The lowest BCUT2D eigenvalue weighted by Crippen LogP contribution is -2.44. The Morgan fingerprint density at radius 1 is 1.38 bits per heavy atom. The zero-order valence-electron chi connectivity index (χ0n) is 15.0. The highest BCUT2D eigenvalue weighted by atomic mass is 16.6. The Morgan fingerprint density at radius 3 is 2.46 bits per heavy atom. The predicted molar refractivity (Wildman–Crippen MR) is 92.1 cm³/mol. The van der Waals surface area contributed by atoms with E-state index in [1.165, 1.54) is 0 Å². The molecule has 0 aromatic carbocycles. The maximum Gasteiger partial charge on any atom is 0.410 e. The molecule has 0 unspecified atom stereocenters. The summed E-state index contributed by atoms with van der Waals surface area (Å²) in [5.41, 5.74) is -0.531. The molecule has 1 aliphatic rings. The van der Waals surface area contributed by atoms with Gasteiger partial charge in [-0.05, 0) is 52.3 Å². The summed E-state index contributed by atoms with van der Waals surface area (Å²) in [6.45, 7) is 6.47.